The van der Waals surface area contributed by atoms with Crippen molar-refractivity contribution in [3.05, 3.63) is 30.3 Å². The summed E-state index contributed by atoms with van der Waals surface area (Å²) in [6.45, 7) is 0.379. The molecule has 6 nitrogen and oxygen atoms in total. The Labute approximate surface area is 98.6 Å². The highest BCUT2D eigenvalue weighted by atomic mass is 16.3. The summed E-state index contributed by atoms with van der Waals surface area (Å²) >= 11 is 0. The van der Waals surface area contributed by atoms with Gasteiger partial charge in [-0.05, 0) is 0 Å². The van der Waals surface area contributed by atoms with Gasteiger partial charge < -0.3 is 16.2 Å². The smallest absolute Gasteiger partial charge is 0.228 e. The van der Waals surface area contributed by atoms with Crippen molar-refractivity contribution >= 4 is 11.9 Å². The molecule has 0 saturated heterocycles. The Hall–Kier alpha value is -2.21. The van der Waals surface area contributed by atoms with Gasteiger partial charge >= 0.3 is 0 Å². The van der Waals surface area contributed by atoms with Crippen LogP contribution in [0.4, 0.5) is 11.9 Å². The van der Waals surface area contributed by atoms with Crippen LogP contribution in [0.5, 0.6) is 0 Å². The molecule has 4 N–H and O–H groups in total. The van der Waals surface area contributed by atoms with E-state index in [2.05, 4.69) is 20.3 Å². The second kappa shape index (κ2) is 5.22. The lowest BCUT2D eigenvalue weighted by Gasteiger charge is -2.05. The number of aliphatic hydroxyl groups is 1. The van der Waals surface area contributed by atoms with Crippen molar-refractivity contribution in [2.75, 3.05) is 24.2 Å². The molecule has 0 spiro atoms. The summed E-state index contributed by atoms with van der Waals surface area (Å²) in [7, 11) is 0. The van der Waals surface area contributed by atoms with Gasteiger partial charge in [-0.25, -0.2) is 0 Å². The number of aliphatic hydroxyl groups excluding tert-OH is 1. The standard InChI is InChI=1S/C11H13N5O/c12-10-14-9(8-4-2-1-3-5-8)15-11(16-10)13-6-7-17/h1-5,17H,6-7H2,(H3,12,13,14,15,16). The van der Waals surface area contributed by atoms with Crippen LogP contribution in [0.3, 0.4) is 0 Å². The highest BCUT2D eigenvalue weighted by Gasteiger charge is 2.05. The lowest BCUT2D eigenvalue weighted by Crippen LogP contribution is -2.11. The summed E-state index contributed by atoms with van der Waals surface area (Å²) < 4.78 is 0. The quantitative estimate of drug-likeness (QED) is 0.710. The minimum Gasteiger partial charge on any atom is -0.395 e. The third kappa shape index (κ3) is 2.88. The van der Waals surface area contributed by atoms with E-state index >= 15 is 0 Å². The zero-order valence-electron chi connectivity index (χ0n) is 9.17. The summed E-state index contributed by atoms with van der Waals surface area (Å²) in [4.78, 5) is 12.2. The van der Waals surface area contributed by atoms with Crippen LogP contribution in [0.2, 0.25) is 0 Å². The molecule has 88 valence electrons. The van der Waals surface area contributed by atoms with Crippen LogP contribution < -0.4 is 11.1 Å². The van der Waals surface area contributed by atoms with E-state index in [0.29, 0.717) is 18.3 Å². The van der Waals surface area contributed by atoms with E-state index in [4.69, 9.17) is 10.8 Å². The maximum absolute atomic E-state index is 8.72. The molecule has 0 fully saturated rings. The Morgan fingerprint density at radius 2 is 1.88 bits per heavy atom. The first kappa shape index (κ1) is 11.3. The topological polar surface area (TPSA) is 97.0 Å². The zero-order valence-corrected chi connectivity index (χ0v) is 9.17. The number of nitrogens with zero attached hydrogens (tertiary/aromatic N) is 3. The summed E-state index contributed by atoms with van der Waals surface area (Å²) in [6, 6.07) is 9.50. The van der Waals surface area contributed by atoms with Crippen molar-refractivity contribution in [3.63, 3.8) is 0 Å². The molecule has 0 atom stereocenters. The molecule has 2 rings (SSSR count). The second-order valence-corrected chi connectivity index (χ2v) is 3.36. The molecule has 1 aromatic heterocycles. The van der Waals surface area contributed by atoms with Crippen LogP contribution in [-0.4, -0.2) is 33.2 Å². The van der Waals surface area contributed by atoms with Gasteiger partial charge in [0.15, 0.2) is 5.82 Å². The fourth-order valence-electron chi connectivity index (χ4n) is 1.36. The van der Waals surface area contributed by atoms with Gasteiger partial charge in [-0.1, -0.05) is 30.3 Å². The average Bonchev–Trinajstić information content (AvgIpc) is 2.37. The highest BCUT2D eigenvalue weighted by Crippen LogP contribution is 2.15. The SMILES string of the molecule is Nc1nc(NCCO)nc(-c2ccccc2)n1. The van der Waals surface area contributed by atoms with E-state index in [-0.39, 0.29) is 12.6 Å². The number of nitrogen functional groups attached to an aromatic ring is 1. The lowest BCUT2D eigenvalue weighted by atomic mass is 10.2. The normalized spacial score (nSPS) is 10.2. The summed E-state index contributed by atoms with van der Waals surface area (Å²) in [5.74, 6) is 1.03. The van der Waals surface area contributed by atoms with Gasteiger partial charge in [0.1, 0.15) is 0 Å². The van der Waals surface area contributed by atoms with Gasteiger partial charge in [0.05, 0.1) is 6.61 Å². The Balaban J connectivity index is 2.32. The van der Waals surface area contributed by atoms with E-state index in [1.54, 1.807) is 0 Å². The third-order valence-electron chi connectivity index (χ3n) is 2.08. The fraction of sp³-hybridized carbons (Fsp3) is 0.182. The number of nitrogens with one attached hydrogen (secondary N) is 1. The Morgan fingerprint density at radius 1 is 1.12 bits per heavy atom. The van der Waals surface area contributed by atoms with E-state index in [0.717, 1.165) is 5.56 Å². The van der Waals surface area contributed by atoms with Gasteiger partial charge in [0.25, 0.3) is 0 Å². The minimum atomic E-state index is 0.00621. The van der Waals surface area contributed by atoms with Gasteiger partial charge in [-0.15, -0.1) is 0 Å². The first-order valence-corrected chi connectivity index (χ1v) is 5.21. The molecule has 17 heavy (non-hydrogen) atoms. The van der Waals surface area contributed by atoms with Gasteiger partial charge in [-0.2, -0.15) is 15.0 Å². The van der Waals surface area contributed by atoms with Crippen LogP contribution >= 0.6 is 0 Å². The first-order valence-electron chi connectivity index (χ1n) is 5.21. The molecule has 0 bridgehead atoms. The summed E-state index contributed by atoms with van der Waals surface area (Å²) in [6.07, 6.45) is 0. The van der Waals surface area contributed by atoms with Crippen LogP contribution in [0, 0.1) is 0 Å². The van der Waals surface area contributed by atoms with Crippen LogP contribution in [-0.2, 0) is 0 Å². The first-order chi connectivity index (χ1) is 8.29. The predicted octanol–water partition coefficient (Wildman–Crippen LogP) is 0.525. The van der Waals surface area contributed by atoms with Gasteiger partial charge in [0, 0.05) is 12.1 Å². The molecule has 6 heteroatoms. The molecule has 0 aliphatic carbocycles. The van der Waals surface area contributed by atoms with Crippen molar-refractivity contribution in [2.45, 2.75) is 0 Å². The lowest BCUT2D eigenvalue weighted by molar-refractivity contribution is 0.311. The van der Waals surface area contributed by atoms with Crippen molar-refractivity contribution in [2.24, 2.45) is 0 Å². The van der Waals surface area contributed by atoms with E-state index in [9.17, 15) is 0 Å². The molecule has 0 unspecified atom stereocenters. The van der Waals surface area contributed by atoms with Crippen molar-refractivity contribution in [3.8, 4) is 11.4 Å². The summed E-state index contributed by atoms with van der Waals surface area (Å²) in [5, 5.41) is 11.6. The molecule has 0 aliphatic rings. The van der Waals surface area contributed by atoms with Crippen LogP contribution in [0.15, 0.2) is 30.3 Å². The van der Waals surface area contributed by atoms with E-state index in [1.165, 1.54) is 0 Å². The Kier molecular flexibility index (Phi) is 3.46. The van der Waals surface area contributed by atoms with Crippen molar-refractivity contribution < 1.29 is 5.11 Å². The van der Waals surface area contributed by atoms with Crippen molar-refractivity contribution in [1.29, 1.82) is 0 Å². The molecule has 0 amide bonds. The highest BCUT2D eigenvalue weighted by molar-refractivity contribution is 5.57. The van der Waals surface area contributed by atoms with Gasteiger partial charge in [-0.3, -0.25) is 0 Å². The average molecular weight is 231 g/mol. The number of benzene rings is 1. The Bertz CT molecular complexity index is 488. The van der Waals surface area contributed by atoms with Gasteiger partial charge in [0.2, 0.25) is 11.9 Å². The number of rotatable bonds is 4. The second-order valence-electron chi connectivity index (χ2n) is 3.36. The molecule has 0 aliphatic heterocycles. The minimum absolute atomic E-state index is 0.00621. The maximum Gasteiger partial charge on any atom is 0.228 e. The number of nitrogens with two attached hydrogens (primary N) is 1. The Morgan fingerprint density at radius 3 is 2.59 bits per heavy atom. The predicted molar refractivity (Wildman–Crippen MR) is 65.3 cm³/mol. The van der Waals surface area contributed by atoms with Crippen LogP contribution in [0.25, 0.3) is 11.4 Å². The molecule has 0 radical (unpaired) electrons. The number of hydrogen-bond donors (Lipinski definition) is 3. The third-order valence-corrected chi connectivity index (χ3v) is 2.08. The molecule has 1 aromatic carbocycles. The number of anilines is 2. The van der Waals surface area contributed by atoms with E-state index < -0.39 is 0 Å². The number of aromatic nitrogens is 3. The molecule has 0 saturated carbocycles. The van der Waals surface area contributed by atoms with Crippen molar-refractivity contribution in [1.82, 2.24) is 15.0 Å². The largest absolute Gasteiger partial charge is 0.395 e. The zero-order chi connectivity index (χ0) is 12.1. The number of hydrogen-bond acceptors (Lipinski definition) is 6. The maximum atomic E-state index is 8.72. The molecule has 2 aromatic rings. The van der Waals surface area contributed by atoms with E-state index in [1.807, 2.05) is 30.3 Å². The monoisotopic (exact) mass is 231 g/mol. The fourth-order valence-corrected chi connectivity index (χ4v) is 1.36. The van der Waals surface area contributed by atoms with Crippen LogP contribution in [0.1, 0.15) is 0 Å². The summed E-state index contributed by atoms with van der Waals surface area (Å²) in [5.41, 5.74) is 6.47. The molecular formula is C11H13N5O. The molecular weight excluding hydrogens is 218 g/mol. The molecule has 1 heterocycles.